The second-order valence-corrected chi connectivity index (χ2v) is 5.41. The van der Waals surface area contributed by atoms with Gasteiger partial charge in [0.1, 0.15) is 0 Å². The molecule has 4 heteroatoms. The van der Waals surface area contributed by atoms with Gasteiger partial charge in [-0.2, -0.15) is 0 Å². The first-order valence-corrected chi connectivity index (χ1v) is 7.54. The van der Waals surface area contributed by atoms with Crippen LogP contribution in [-0.4, -0.2) is 22.3 Å². The van der Waals surface area contributed by atoms with Crippen molar-refractivity contribution in [3.05, 3.63) is 42.1 Å². The molecule has 0 saturated heterocycles. The quantitative estimate of drug-likeness (QED) is 0.856. The lowest BCUT2D eigenvalue weighted by molar-refractivity contribution is 0.0938. The summed E-state index contributed by atoms with van der Waals surface area (Å²) in [6, 6.07) is 9.62. The van der Waals surface area contributed by atoms with Gasteiger partial charge < -0.3 is 5.32 Å². The van der Waals surface area contributed by atoms with Crippen LogP contribution in [0.4, 0.5) is 0 Å². The molecule has 0 fully saturated rings. The van der Waals surface area contributed by atoms with Crippen LogP contribution in [0.15, 0.2) is 36.5 Å². The molecule has 0 aliphatic heterocycles. The molecule has 1 N–H and O–H groups in total. The van der Waals surface area contributed by atoms with E-state index < -0.39 is 0 Å². The monoisotopic (exact) mass is 320 g/mol. The lowest BCUT2D eigenvalue weighted by Crippen LogP contribution is -2.32. The number of carbonyl (C=O) groups is 1. The molecule has 0 saturated carbocycles. The number of fused-ring (bicyclic) bond motifs is 1. The van der Waals surface area contributed by atoms with Crippen molar-refractivity contribution in [1.29, 1.82) is 0 Å². The topological polar surface area (TPSA) is 42.0 Å². The zero-order valence-corrected chi connectivity index (χ0v) is 12.5. The highest BCUT2D eigenvalue weighted by atomic mass is 79.9. The minimum absolute atomic E-state index is 0.0205. The summed E-state index contributed by atoms with van der Waals surface area (Å²) in [4.78, 5) is 16.4. The Morgan fingerprint density at radius 1 is 1.42 bits per heavy atom. The summed E-state index contributed by atoms with van der Waals surface area (Å²) in [6.07, 6.45) is 3.79. The first kappa shape index (κ1) is 14.0. The van der Waals surface area contributed by atoms with Crippen LogP contribution in [-0.2, 0) is 0 Å². The molecule has 1 atom stereocenters. The fraction of sp³-hybridized carbons (Fsp3) is 0.333. The van der Waals surface area contributed by atoms with Crippen LogP contribution in [0.2, 0.25) is 0 Å². The van der Waals surface area contributed by atoms with Crippen LogP contribution in [0.5, 0.6) is 0 Å². The number of nitrogens with zero attached hydrogens (tertiary/aromatic N) is 1. The first-order valence-electron chi connectivity index (χ1n) is 6.42. The molecule has 0 spiro atoms. The minimum atomic E-state index is -0.0205. The van der Waals surface area contributed by atoms with E-state index in [9.17, 15) is 4.79 Å². The third-order valence-corrected chi connectivity index (χ3v) is 3.57. The first-order chi connectivity index (χ1) is 9.20. The Hall–Kier alpha value is -1.42. The average Bonchev–Trinajstić information content (AvgIpc) is 2.44. The minimum Gasteiger partial charge on any atom is -0.350 e. The zero-order chi connectivity index (χ0) is 13.7. The maximum Gasteiger partial charge on any atom is 0.251 e. The number of amides is 1. The van der Waals surface area contributed by atoms with E-state index in [4.69, 9.17) is 0 Å². The van der Waals surface area contributed by atoms with Gasteiger partial charge in [-0.25, -0.2) is 0 Å². The number of benzene rings is 1. The van der Waals surface area contributed by atoms with Gasteiger partial charge in [-0.05, 0) is 44.0 Å². The fourth-order valence-electron chi connectivity index (χ4n) is 1.98. The lowest BCUT2D eigenvalue weighted by Gasteiger charge is -2.13. The van der Waals surface area contributed by atoms with Gasteiger partial charge in [0, 0.05) is 28.5 Å². The molecular formula is C15H17BrN2O. The molecule has 2 rings (SSSR count). The molecule has 1 heterocycles. The van der Waals surface area contributed by atoms with Gasteiger partial charge in [-0.1, -0.05) is 22.0 Å². The third kappa shape index (κ3) is 3.77. The van der Waals surface area contributed by atoms with E-state index in [0.29, 0.717) is 5.56 Å². The van der Waals surface area contributed by atoms with E-state index in [1.807, 2.05) is 37.3 Å². The molecule has 100 valence electrons. The predicted molar refractivity (Wildman–Crippen MR) is 81.7 cm³/mol. The SMILES string of the molecule is CC(CCCBr)NC(=O)c1ccc2ncccc2c1. The Labute approximate surface area is 121 Å². The normalized spacial score (nSPS) is 12.3. The number of pyridine rings is 1. The number of hydrogen-bond donors (Lipinski definition) is 1. The molecular weight excluding hydrogens is 304 g/mol. The van der Waals surface area contributed by atoms with Crippen molar-refractivity contribution in [3.63, 3.8) is 0 Å². The highest BCUT2D eigenvalue weighted by Gasteiger charge is 2.10. The second kappa shape index (κ2) is 6.66. The predicted octanol–water partition coefficient (Wildman–Crippen LogP) is 3.53. The van der Waals surface area contributed by atoms with Crippen LogP contribution < -0.4 is 5.32 Å². The van der Waals surface area contributed by atoms with Crippen LogP contribution in [0, 0.1) is 0 Å². The van der Waals surface area contributed by atoms with Gasteiger partial charge in [0.05, 0.1) is 5.52 Å². The Balaban J connectivity index is 2.08. The van der Waals surface area contributed by atoms with E-state index in [0.717, 1.165) is 29.1 Å². The van der Waals surface area contributed by atoms with Gasteiger partial charge in [-0.15, -0.1) is 0 Å². The Bertz CT molecular complexity index is 571. The summed E-state index contributed by atoms with van der Waals surface area (Å²) in [5.74, 6) is -0.0205. The second-order valence-electron chi connectivity index (χ2n) is 4.62. The third-order valence-electron chi connectivity index (χ3n) is 3.01. The van der Waals surface area contributed by atoms with Gasteiger partial charge in [0.25, 0.3) is 5.91 Å². The Morgan fingerprint density at radius 3 is 3.05 bits per heavy atom. The number of rotatable bonds is 5. The number of halogens is 1. The molecule has 1 aromatic carbocycles. The molecule has 3 nitrogen and oxygen atoms in total. The van der Waals surface area contributed by atoms with Crippen molar-refractivity contribution in [2.75, 3.05) is 5.33 Å². The largest absolute Gasteiger partial charge is 0.350 e. The molecule has 0 bridgehead atoms. The summed E-state index contributed by atoms with van der Waals surface area (Å²) >= 11 is 3.40. The Kier molecular flexibility index (Phi) is 4.91. The van der Waals surface area contributed by atoms with Crippen LogP contribution >= 0.6 is 15.9 Å². The van der Waals surface area contributed by atoms with Gasteiger partial charge in [0.2, 0.25) is 0 Å². The number of aromatic nitrogens is 1. The summed E-state index contributed by atoms with van der Waals surface area (Å²) in [5.41, 5.74) is 1.59. The van der Waals surface area contributed by atoms with E-state index in [1.165, 1.54) is 0 Å². The number of carbonyl (C=O) groups excluding carboxylic acids is 1. The van der Waals surface area contributed by atoms with Gasteiger partial charge >= 0.3 is 0 Å². The van der Waals surface area contributed by atoms with Gasteiger partial charge in [-0.3, -0.25) is 9.78 Å². The van der Waals surface area contributed by atoms with E-state index in [1.54, 1.807) is 6.20 Å². The summed E-state index contributed by atoms with van der Waals surface area (Å²) in [6.45, 7) is 2.03. The molecule has 0 aliphatic carbocycles. The van der Waals surface area contributed by atoms with Crippen molar-refractivity contribution in [2.24, 2.45) is 0 Å². The van der Waals surface area contributed by atoms with E-state index in [-0.39, 0.29) is 11.9 Å². The van der Waals surface area contributed by atoms with Crippen molar-refractivity contribution in [2.45, 2.75) is 25.8 Å². The summed E-state index contributed by atoms with van der Waals surface area (Å²) in [5, 5.41) is 4.97. The standard InChI is InChI=1S/C15H17BrN2O/c1-11(4-2-8-16)18-15(19)13-6-7-14-12(10-13)5-3-9-17-14/h3,5-7,9-11H,2,4,8H2,1H3,(H,18,19). The Morgan fingerprint density at radius 2 is 2.26 bits per heavy atom. The maximum atomic E-state index is 12.1. The molecule has 0 aliphatic rings. The van der Waals surface area contributed by atoms with Crippen molar-refractivity contribution < 1.29 is 4.79 Å². The molecule has 1 amide bonds. The summed E-state index contributed by atoms with van der Waals surface area (Å²) in [7, 11) is 0. The molecule has 0 radical (unpaired) electrons. The van der Waals surface area contributed by atoms with E-state index >= 15 is 0 Å². The highest BCUT2D eigenvalue weighted by molar-refractivity contribution is 9.09. The highest BCUT2D eigenvalue weighted by Crippen LogP contribution is 2.13. The van der Waals surface area contributed by atoms with Crippen LogP contribution in [0.1, 0.15) is 30.1 Å². The van der Waals surface area contributed by atoms with Gasteiger partial charge in [0.15, 0.2) is 0 Å². The molecule has 1 unspecified atom stereocenters. The molecule has 19 heavy (non-hydrogen) atoms. The van der Waals surface area contributed by atoms with E-state index in [2.05, 4.69) is 26.2 Å². The fourth-order valence-corrected chi connectivity index (χ4v) is 2.30. The smallest absolute Gasteiger partial charge is 0.251 e. The van der Waals surface area contributed by atoms with Crippen molar-refractivity contribution in [1.82, 2.24) is 10.3 Å². The number of hydrogen-bond acceptors (Lipinski definition) is 2. The van der Waals surface area contributed by atoms with Crippen molar-refractivity contribution in [3.8, 4) is 0 Å². The average molecular weight is 321 g/mol. The maximum absolute atomic E-state index is 12.1. The number of nitrogens with one attached hydrogen (secondary N) is 1. The lowest BCUT2D eigenvalue weighted by atomic mass is 10.1. The van der Waals surface area contributed by atoms with Crippen molar-refractivity contribution >= 4 is 32.7 Å². The van der Waals surface area contributed by atoms with Crippen LogP contribution in [0.25, 0.3) is 10.9 Å². The zero-order valence-electron chi connectivity index (χ0n) is 10.9. The molecule has 1 aromatic heterocycles. The molecule has 2 aromatic rings. The summed E-state index contributed by atoms with van der Waals surface area (Å²) < 4.78 is 0. The van der Waals surface area contributed by atoms with Crippen LogP contribution in [0.3, 0.4) is 0 Å². The number of alkyl halides is 1.